The maximum Gasteiger partial charge on any atom is 0.410 e. The molecule has 8 heteroatoms. The lowest BCUT2D eigenvalue weighted by molar-refractivity contribution is 0.0130. The van der Waals surface area contributed by atoms with Crippen LogP contribution in [-0.4, -0.2) is 62.6 Å². The summed E-state index contributed by atoms with van der Waals surface area (Å²) in [5.41, 5.74) is 0.936. The largest absolute Gasteiger partial charge is 0.444 e. The van der Waals surface area contributed by atoms with Crippen LogP contribution in [0.4, 0.5) is 10.6 Å². The summed E-state index contributed by atoms with van der Waals surface area (Å²) in [5, 5.41) is 0.817. The van der Waals surface area contributed by atoms with Gasteiger partial charge in [-0.1, -0.05) is 19.3 Å². The number of aromatic nitrogens is 3. The van der Waals surface area contributed by atoms with Crippen LogP contribution in [0.5, 0.6) is 0 Å². The average Bonchev–Trinajstić information content (AvgIpc) is 3.13. The van der Waals surface area contributed by atoms with Crippen molar-refractivity contribution < 1.29 is 14.3 Å². The molecule has 2 aliphatic rings. The fourth-order valence-electron chi connectivity index (χ4n) is 5.04. The molecule has 1 unspecified atom stereocenters. The van der Waals surface area contributed by atoms with Gasteiger partial charge in [-0.2, -0.15) is 0 Å². The maximum absolute atomic E-state index is 12.7. The van der Waals surface area contributed by atoms with Crippen LogP contribution in [0.3, 0.4) is 0 Å². The highest BCUT2D eigenvalue weighted by Gasteiger charge is 2.36. The molecule has 4 rings (SSSR count). The summed E-state index contributed by atoms with van der Waals surface area (Å²) < 4.78 is 7.80. The Hall–Kier alpha value is -2.64. The summed E-state index contributed by atoms with van der Waals surface area (Å²) in [5.74, 6) is 0.773. The van der Waals surface area contributed by atoms with E-state index in [-0.39, 0.29) is 18.2 Å². The summed E-state index contributed by atoms with van der Waals surface area (Å²) in [6.07, 6.45) is 10.1. The third kappa shape index (κ3) is 4.32. The number of aldehydes is 1. The van der Waals surface area contributed by atoms with Crippen molar-refractivity contribution in [3.63, 3.8) is 0 Å². The van der Waals surface area contributed by atoms with E-state index in [1.165, 1.54) is 19.3 Å². The Morgan fingerprint density at radius 1 is 1.09 bits per heavy atom. The maximum atomic E-state index is 12.7. The quantitative estimate of drug-likeness (QED) is 0.649. The second-order valence-corrected chi connectivity index (χ2v) is 10.3. The van der Waals surface area contributed by atoms with E-state index in [1.54, 1.807) is 11.2 Å². The van der Waals surface area contributed by atoms with Gasteiger partial charge in [0.05, 0.1) is 5.39 Å². The van der Waals surface area contributed by atoms with E-state index in [4.69, 9.17) is 4.74 Å². The van der Waals surface area contributed by atoms with Gasteiger partial charge in [-0.05, 0) is 47.5 Å². The minimum absolute atomic E-state index is 0.0225. The van der Waals surface area contributed by atoms with Gasteiger partial charge in [0.25, 0.3) is 0 Å². The Bertz CT molecular complexity index is 989. The molecule has 1 saturated carbocycles. The van der Waals surface area contributed by atoms with Crippen molar-refractivity contribution in [1.82, 2.24) is 19.4 Å². The van der Waals surface area contributed by atoms with Gasteiger partial charge in [0.1, 0.15) is 23.4 Å². The van der Waals surface area contributed by atoms with Gasteiger partial charge >= 0.3 is 6.09 Å². The molecule has 174 valence electrons. The van der Waals surface area contributed by atoms with Gasteiger partial charge < -0.3 is 19.1 Å². The smallest absolute Gasteiger partial charge is 0.410 e. The summed E-state index contributed by atoms with van der Waals surface area (Å²) in [4.78, 5) is 37.9. The molecule has 2 aromatic heterocycles. The number of carbonyl (C=O) groups excluding carboxylic acids is 2. The Kier molecular flexibility index (Phi) is 6.14. The molecule has 1 aliphatic carbocycles. The number of nitrogens with zero attached hydrogens (tertiary/aromatic N) is 5. The number of hydrogen-bond acceptors (Lipinski definition) is 6. The number of rotatable bonds is 3. The van der Waals surface area contributed by atoms with Gasteiger partial charge in [-0.15, -0.1) is 0 Å². The molecule has 1 saturated heterocycles. The highest BCUT2D eigenvalue weighted by atomic mass is 16.6. The molecule has 2 atom stereocenters. The van der Waals surface area contributed by atoms with Crippen molar-refractivity contribution in [3.8, 4) is 0 Å². The van der Waals surface area contributed by atoms with Crippen molar-refractivity contribution >= 4 is 29.2 Å². The van der Waals surface area contributed by atoms with Crippen molar-refractivity contribution in [1.29, 1.82) is 0 Å². The molecule has 0 radical (unpaired) electrons. The molecule has 1 amide bonds. The predicted octanol–water partition coefficient (Wildman–Crippen LogP) is 4.58. The van der Waals surface area contributed by atoms with E-state index in [1.807, 2.05) is 33.9 Å². The van der Waals surface area contributed by atoms with E-state index in [2.05, 4.69) is 26.4 Å². The van der Waals surface area contributed by atoms with Crippen molar-refractivity contribution in [2.45, 2.75) is 90.4 Å². The minimum atomic E-state index is -0.531. The minimum Gasteiger partial charge on any atom is -0.444 e. The van der Waals surface area contributed by atoms with E-state index in [0.717, 1.165) is 36.0 Å². The molecule has 0 aromatic carbocycles. The van der Waals surface area contributed by atoms with Crippen molar-refractivity contribution in [2.75, 3.05) is 18.0 Å². The van der Waals surface area contributed by atoms with Gasteiger partial charge in [0, 0.05) is 43.0 Å². The van der Waals surface area contributed by atoms with Crippen LogP contribution < -0.4 is 4.90 Å². The third-order valence-corrected chi connectivity index (χ3v) is 6.60. The monoisotopic (exact) mass is 441 g/mol. The molecule has 0 spiro atoms. The highest BCUT2D eigenvalue weighted by Crippen LogP contribution is 2.36. The number of ether oxygens (including phenoxy) is 1. The Balaban J connectivity index is 1.66. The second-order valence-electron chi connectivity index (χ2n) is 10.3. The number of piperazine rings is 1. The van der Waals surface area contributed by atoms with E-state index < -0.39 is 5.60 Å². The first kappa shape index (κ1) is 22.6. The van der Waals surface area contributed by atoms with Gasteiger partial charge in [0.15, 0.2) is 6.29 Å². The molecule has 0 bridgehead atoms. The molecule has 8 nitrogen and oxygen atoms in total. The third-order valence-electron chi connectivity index (χ3n) is 6.60. The number of anilines is 1. The summed E-state index contributed by atoms with van der Waals surface area (Å²) in [6, 6.07) is 0.351. The topological polar surface area (TPSA) is 80.6 Å². The highest BCUT2D eigenvalue weighted by molar-refractivity contribution is 6.02. The van der Waals surface area contributed by atoms with Crippen molar-refractivity contribution in [2.24, 2.45) is 0 Å². The number of fused-ring (bicyclic) bond motifs is 1. The van der Waals surface area contributed by atoms with Crippen LogP contribution in [0.2, 0.25) is 0 Å². The Labute approximate surface area is 189 Å². The van der Waals surface area contributed by atoms with E-state index in [9.17, 15) is 9.59 Å². The molecule has 2 fully saturated rings. The lowest BCUT2D eigenvalue weighted by Gasteiger charge is -2.44. The molecule has 0 N–H and O–H groups in total. The Morgan fingerprint density at radius 3 is 2.47 bits per heavy atom. The fourth-order valence-corrected chi connectivity index (χ4v) is 5.04. The molecule has 32 heavy (non-hydrogen) atoms. The number of amides is 1. The van der Waals surface area contributed by atoms with E-state index >= 15 is 0 Å². The molecule has 2 aromatic rings. The predicted molar refractivity (Wildman–Crippen MR) is 124 cm³/mol. The summed E-state index contributed by atoms with van der Waals surface area (Å²) >= 11 is 0. The van der Waals surface area contributed by atoms with Crippen LogP contribution in [0, 0.1) is 0 Å². The zero-order valence-electron chi connectivity index (χ0n) is 19.9. The van der Waals surface area contributed by atoms with Crippen LogP contribution in [0.25, 0.3) is 11.0 Å². The van der Waals surface area contributed by atoms with Crippen LogP contribution in [0.1, 0.15) is 83.1 Å². The average molecular weight is 442 g/mol. The van der Waals surface area contributed by atoms with Gasteiger partial charge in [0.2, 0.25) is 0 Å². The standard InChI is InChI=1S/C24H35N5O3/c1-16-12-28(23(31)32-24(3,4)5)17(2)11-27(16)21-20-18(14-30)13-29(22(20)26-15-25-21)19-9-7-6-8-10-19/h13-17,19H,6-12H2,1-5H3/t16?,17-/m0/s1. The number of hydrogen-bond donors (Lipinski definition) is 0. The van der Waals surface area contributed by atoms with Crippen LogP contribution >= 0.6 is 0 Å². The number of carbonyl (C=O) groups is 2. The fraction of sp³-hybridized carbons (Fsp3) is 0.667. The first-order valence-corrected chi connectivity index (χ1v) is 11.8. The Morgan fingerprint density at radius 2 is 1.81 bits per heavy atom. The normalized spacial score (nSPS) is 22.9. The molecular formula is C24H35N5O3. The van der Waals surface area contributed by atoms with E-state index in [0.29, 0.717) is 24.7 Å². The zero-order chi connectivity index (χ0) is 23.0. The summed E-state index contributed by atoms with van der Waals surface area (Å²) in [7, 11) is 0. The summed E-state index contributed by atoms with van der Waals surface area (Å²) in [6.45, 7) is 10.9. The molecule has 1 aliphatic heterocycles. The molecule has 3 heterocycles. The van der Waals surface area contributed by atoms with Gasteiger partial charge in [-0.25, -0.2) is 14.8 Å². The zero-order valence-corrected chi connectivity index (χ0v) is 19.9. The van der Waals surface area contributed by atoms with Crippen LogP contribution in [0.15, 0.2) is 12.5 Å². The van der Waals surface area contributed by atoms with Crippen LogP contribution in [-0.2, 0) is 4.74 Å². The molecular weight excluding hydrogens is 406 g/mol. The lowest BCUT2D eigenvalue weighted by atomic mass is 9.95. The first-order chi connectivity index (χ1) is 15.2. The second kappa shape index (κ2) is 8.71. The first-order valence-electron chi connectivity index (χ1n) is 11.8. The SMILES string of the molecule is CC1CN(C(=O)OC(C)(C)C)[C@@H](C)CN1c1ncnc2c1c(C=O)cn2C1CCCCC1. The van der Waals surface area contributed by atoms with Gasteiger partial charge in [-0.3, -0.25) is 4.79 Å². The lowest BCUT2D eigenvalue weighted by Crippen LogP contribution is -2.59. The van der Waals surface area contributed by atoms with Crippen molar-refractivity contribution in [3.05, 3.63) is 18.1 Å².